The Morgan fingerprint density at radius 2 is 2.21 bits per heavy atom. The van der Waals surface area contributed by atoms with Crippen LogP contribution in [-0.4, -0.2) is 39.6 Å². The molecule has 1 aliphatic rings. The van der Waals surface area contributed by atoms with Gasteiger partial charge in [0.15, 0.2) is 9.84 Å². The summed E-state index contributed by atoms with van der Waals surface area (Å²) in [6.07, 6.45) is 0. The van der Waals surface area contributed by atoms with Crippen LogP contribution in [0.25, 0.3) is 0 Å². The largest absolute Gasteiger partial charge is 0.367 e. The second kappa shape index (κ2) is 5.69. The Morgan fingerprint density at radius 3 is 2.79 bits per heavy atom. The molecule has 0 amide bonds. The van der Waals surface area contributed by atoms with E-state index in [-0.39, 0.29) is 17.5 Å². The van der Waals surface area contributed by atoms with Crippen LogP contribution in [0, 0.1) is 0 Å². The minimum atomic E-state index is -2.88. The van der Waals surface area contributed by atoms with E-state index in [1.54, 1.807) is 0 Å². The lowest BCUT2D eigenvalue weighted by Crippen LogP contribution is -2.47. The summed E-state index contributed by atoms with van der Waals surface area (Å²) in [5, 5.41) is 3.78. The highest BCUT2D eigenvalue weighted by atomic mass is 35.5. The van der Waals surface area contributed by atoms with Gasteiger partial charge in [-0.05, 0) is 31.7 Å². The van der Waals surface area contributed by atoms with Gasteiger partial charge in [0.25, 0.3) is 0 Å². The zero-order valence-electron chi connectivity index (χ0n) is 11.2. The lowest BCUT2D eigenvalue weighted by Gasteiger charge is -2.35. The number of benzene rings is 1. The minimum absolute atomic E-state index is 0.00929. The van der Waals surface area contributed by atoms with Crippen LogP contribution in [-0.2, 0) is 16.4 Å². The summed E-state index contributed by atoms with van der Waals surface area (Å²) in [6, 6.07) is 5.91. The first-order valence-electron chi connectivity index (χ1n) is 6.33. The van der Waals surface area contributed by atoms with Crippen LogP contribution in [0.4, 0.5) is 5.69 Å². The van der Waals surface area contributed by atoms with E-state index in [1.807, 2.05) is 32.2 Å². The standard InChI is InChI=1S/C13H19ClN2O2S/c1-10-9-19(17,18)6-5-16(10)12-4-3-11(8-15-2)13(14)7-12/h3-4,7,10,15H,5-6,8-9H2,1-2H3. The first-order chi connectivity index (χ1) is 8.93. The smallest absolute Gasteiger partial charge is 0.154 e. The minimum Gasteiger partial charge on any atom is -0.367 e. The normalized spacial score (nSPS) is 22.5. The molecule has 0 aromatic heterocycles. The molecule has 1 unspecified atom stereocenters. The highest BCUT2D eigenvalue weighted by Crippen LogP contribution is 2.27. The number of hydrogen-bond acceptors (Lipinski definition) is 4. The number of halogens is 1. The van der Waals surface area contributed by atoms with Crippen molar-refractivity contribution in [1.29, 1.82) is 0 Å². The van der Waals surface area contributed by atoms with Crippen LogP contribution < -0.4 is 10.2 Å². The molecule has 0 saturated carbocycles. The van der Waals surface area contributed by atoms with E-state index in [9.17, 15) is 8.42 Å². The van der Waals surface area contributed by atoms with Gasteiger partial charge in [0.05, 0.1) is 11.5 Å². The predicted octanol–water partition coefficient (Wildman–Crippen LogP) is 1.68. The fourth-order valence-electron chi connectivity index (χ4n) is 2.43. The third-order valence-electron chi connectivity index (χ3n) is 3.41. The van der Waals surface area contributed by atoms with Crippen LogP contribution in [0.1, 0.15) is 12.5 Å². The molecule has 6 heteroatoms. The Hall–Kier alpha value is -0.780. The molecule has 2 rings (SSSR count). The highest BCUT2D eigenvalue weighted by Gasteiger charge is 2.28. The first kappa shape index (κ1) is 14.6. The molecule has 106 valence electrons. The molecule has 4 nitrogen and oxygen atoms in total. The maximum Gasteiger partial charge on any atom is 0.154 e. The lowest BCUT2D eigenvalue weighted by molar-refractivity contribution is 0.568. The van der Waals surface area contributed by atoms with Gasteiger partial charge in [-0.1, -0.05) is 17.7 Å². The van der Waals surface area contributed by atoms with E-state index in [0.29, 0.717) is 11.6 Å². The van der Waals surface area contributed by atoms with Gasteiger partial charge in [0.2, 0.25) is 0 Å². The van der Waals surface area contributed by atoms with Crippen molar-refractivity contribution >= 4 is 27.1 Å². The maximum atomic E-state index is 11.6. The molecular weight excluding hydrogens is 284 g/mol. The lowest BCUT2D eigenvalue weighted by atomic mass is 10.1. The molecular formula is C13H19ClN2O2S. The molecule has 1 heterocycles. The number of rotatable bonds is 3. The van der Waals surface area contributed by atoms with Crippen molar-refractivity contribution in [1.82, 2.24) is 5.32 Å². The van der Waals surface area contributed by atoms with Gasteiger partial charge in [-0.2, -0.15) is 0 Å². The molecule has 1 aromatic carbocycles. The number of anilines is 1. The summed E-state index contributed by atoms with van der Waals surface area (Å²) in [6.45, 7) is 3.19. The van der Waals surface area contributed by atoms with Crippen molar-refractivity contribution in [2.45, 2.75) is 19.5 Å². The molecule has 1 N–H and O–H groups in total. The molecule has 1 aliphatic heterocycles. The maximum absolute atomic E-state index is 11.6. The highest BCUT2D eigenvalue weighted by molar-refractivity contribution is 7.91. The van der Waals surface area contributed by atoms with Crippen LogP contribution in [0.2, 0.25) is 5.02 Å². The second-order valence-electron chi connectivity index (χ2n) is 4.96. The molecule has 0 aliphatic carbocycles. The van der Waals surface area contributed by atoms with E-state index in [0.717, 1.165) is 17.8 Å². The average molecular weight is 303 g/mol. The molecule has 19 heavy (non-hydrogen) atoms. The first-order valence-corrected chi connectivity index (χ1v) is 8.53. The van der Waals surface area contributed by atoms with E-state index in [4.69, 9.17) is 11.6 Å². The summed E-state index contributed by atoms with van der Waals surface area (Å²) in [5.41, 5.74) is 2.04. The Balaban J connectivity index is 2.21. The van der Waals surface area contributed by atoms with Crippen molar-refractivity contribution in [3.63, 3.8) is 0 Å². The zero-order chi connectivity index (χ0) is 14.0. The third-order valence-corrected chi connectivity index (χ3v) is 5.55. The second-order valence-corrected chi connectivity index (χ2v) is 7.60. The Morgan fingerprint density at radius 1 is 1.47 bits per heavy atom. The fourth-order valence-corrected chi connectivity index (χ4v) is 4.23. The van der Waals surface area contributed by atoms with Crippen molar-refractivity contribution in [2.75, 3.05) is 30.0 Å². The van der Waals surface area contributed by atoms with Gasteiger partial charge in [-0.3, -0.25) is 0 Å². The van der Waals surface area contributed by atoms with Crippen molar-refractivity contribution in [3.8, 4) is 0 Å². The third kappa shape index (κ3) is 3.41. The number of nitrogens with one attached hydrogen (secondary N) is 1. The monoisotopic (exact) mass is 302 g/mol. The van der Waals surface area contributed by atoms with Gasteiger partial charge in [0.1, 0.15) is 0 Å². The zero-order valence-corrected chi connectivity index (χ0v) is 12.8. The summed E-state index contributed by atoms with van der Waals surface area (Å²) in [7, 11) is -1.01. The van der Waals surface area contributed by atoms with Gasteiger partial charge in [0, 0.05) is 29.8 Å². The number of hydrogen-bond donors (Lipinski definition) is 1. The molecule has 1 aromatic rings. The van der Waals surface area contributed by atoms with Crippen molar-refractivity contribution < 1.29 is 8.42 Å². The Kier molecular flexibility index (Phi) is 4.38. The number of nitrogens with zero attached hydrogens (tertiary/aromatic N) is 1. The molecule has 1 atom stereocenters. The summed E-state index contributed by atoms with van der Waals surface area (Å²) >= 11 is 6.25. The van der Waals surface area contributed by atoms with E-state index in [1.165, 1.54) is 0 Å². The number of sulfone groups is 1. The molecule has 1 saturated heterocycles. The molecule has 1 fully saturated rings. The molecule has 0 radical (unpaired) electrons. The topological polar surface area (TPSA) is 49.4 Å². The summed E-state index contributed by atoms with van der Waals surface area (Å²) in [4.78, 5) is 2.11. The van der Waals surface area contributed by atoms with Gasteiger partial charge in [-0.25, -0.2) is 8.42 Å². The van der Waals surface area contributed by atoms with Gasteiger partial charge >= 0.3 is 0 Å². The summed E-state index contributed by atoms with van der Waals surface area (Å²) in [5.74, 6) is 0.427. The SMILES string of the molecule is CNCc1ccc(N2CCS(=O)(=O)CC2C)cc1Cl. The van der Waals surface area contributed by atoms with E-state index < -0.39 is 9.84 Å². The predicted molar refractivity (Wildman–Crippen MR) is 79.7 cm³/mol. The van der Waals surface area contributed by atoms with Crippen molar-refractivity contribution in [3.05, 3.63) is 28.8 Å². The molecule has 0 bridgehead atoms. The van der Waals surface area contributed by atoms with Crippen LogP contribution in [0.3, 0.4) is 0 Å². The fraction of sp³-hybridized carbons (Fsp3) is 0.538. The van der Waals surface area contributed by atoms with E-state index >= 15 is 0 Å². The van der Waals surface area contributed by atoms with Crippen LogP contribution >= 0.6 is 11.6 Å². The van der Waals surface area contributed by atoms with Crippen molar-refractivity contribution in [2.24, 2.45) is 0 Å². The molecule has 0 spiro atoms. The van der Waals surface area contributed by atoms with Gasteiger partial charge in [-0.15, -0.1) is 0 Å². The van der Waals surface area contributed by atoms with Gasteiger partial charge < -0.3 is 10.2 Å². The quantitative estimate of drug-likeness (QED) is 0.923. The summed E-state index contributed by atoms with van der Waals surface area (Å²) < 4.78 is 23.2. The van der Waals surface area contributed by atoms with Crippen LogP contribution in [0.15, 0.2) is 18.2 Å². The van der Waals surface area contributed by atoms with Crippen LogP contribution in [0.5, 0.6) is 0 Å². The average Bonchev–Trinajstić information content (AvgIpc) is 2.31. The van der Waals surface area contributed by atoms with E-state index in [2.05, 4.69) is 10.2 Å². The Bertz CT molecular complexity index is 560. The Labute approximate surface area is 119 Å².